The molecule has 2 heterocycles. The Labute approximate surface area is 150 Å². The zero-order chi connectivity index (χ0) is 19.4. The van der Waals surface area contributed by atoms with Gasteiger partial charge in [-0.05, 0) is 0 Å². The molecule has 2 aliphatic heterocycles. The number of aliphatic hydroxyl groups excluding tert-OH is 5. The van der Waals surface area contributed by atoms with Gasteiger partial charge in [0.1, 0.15) is 36.6 Å². The first-order valence-electron chi connectivity index (χ1n) is 8.34. The lowest BCUT2D eigenvalue weighted by Crippen LogP contribution is -2.66. The Morgan fingerprint density at radius 2 is 1.77 bits per heavy atom. The molecule has 0 aromatic carbocycles. The molecule has 2 fully saturated rings. The van der Waals surface area contributed by atoms with Crippen molar-refractivity contribution in [1.82, 2.24) is 5.32 Å². The molecular formula is C15H27NO10. The van der Waals surface area contributed by atoms with Gasteiger partial charge in [-0.1, -0.05) is 0 Å². The van der Waals surface area contributed by atoms with Crippen LogP contribution < -0.4 is 5.32 Å². The van der Waals surface area contributed by atoms with Gasteiger partial charge >= 0.3 is 0 Å². The van der Waals surface area contributed by atoms with Crippen molar-refractivity contribution in [3.8, 4) is 0 Å². The number of hydrogen-bond donors (Lipinski definition) is 6. The number of hydrogen-bond acceptors (Lipinski definition) is 10. The van der Waals surface area contributed by atoms with Gasteiger partial charge in [0.25, 0.3) is 0 Å². The highest BCUT2D eigenvalue weighted by atomic mass is 16.7. The van der Waals surface area contributed by atoms with E-state index >= 15 is 0 Å². The predicted molar refractivity (Wildman–Crippen MR) is 83.6 cm³/mol. The van der Waals surface area contributed by atoms with Crippen molar-refractivity contribution in [1.29, 1.82) is 0 Å². The molecule has 0 spiro atoms. The second kappa shape index (κ2) is 9.35. The molecule has 0 saturated carbocycles. The van der Waals surface area contributed by atoms with Crippen LogP contribution in [0.2, 0.25) is 0 Å². The predicted octanol–water partition coefficient (Wildman–Crippen LogP) is -3.57. The second-order valence-corrected chi connectivity index (χ2v) is 6.36. The summed E-state index contributed by atoms with van der Waals surface area (Å²) in [5, 5.41) is 51.5. The third-order valence-electron chi connectivity index (χ3n) is 4.48. The third kappa shape index (κ3) is 4.68. The van der Waals surface area contributed by atoms with E-state index in [-0.39, 0.29) is 6.42 Å². The van der Waals surface area contributed by atoms with Crippen LogP contribution in [0.1, 0.15) is 13.3 Å². The summed E-state index contributed by atoms with van der Waals surface area (Å²) in [5.74, 6) is -0.422. The van der Waals surface area contributed by atoms with Gasteiger partial charge in [0.2, 0.25) is 5.91 Å². The summed E-state index contributed by atoms with van der Waals surface area (Å²) in [6.07, 6.45) is -9.13. The zero-order valence-electron chi connectivity index (χ0n) is 14.6. The Morgan fingerprint density at radius 3 is 2.31 bits per heavy atom. The van der Waals surface area contributed by atoms with Gasteiger partial charge in [0.15, 0.2) is 12.6 Å². The normalized spacial score (nSPS) is 43.9. The highest BCUT2D eigenvalue weighted by Crippen LogP contribution is 2.29. The third-order valence-corrected chi connectivity index (χ3v) is 4.48. The Morgan fingerprint density at radius 1 is 1.12 bits per heavy atom. The number of carbonyl (C=O) groups excluding carboxylic acids is 1. The van der Waals surface area contributed by atoms with Gasteiger partial charge < -0.3 is 49.8 Å². The number of amides is 1. The number of carbonyl (C=O) groups is 1. The van der Waals surface area contributed by atoms with E-state index in [1.807, 2.05) is 0 Å². The van der Waals surface area contributed by atoms with Crippen LogP contribution in [-0.2, 0) is 23.7 Å². The van der Waals surface area contributed by atoms with E-state index in [1.54, 1.807) is 0 Å². The van der Waals surface area contributed by atoms with E-state index in [1.165, 1.54) is 14.0 Å². The Kier molecular flexibility index (Phi) is 7.70. The largest absolute Gasteiger partial charge is 0.394 e. The summed E-state index contributed by atoms with van der Waals surface area (Å²) in [5.41, 5.74) is 0. The highest BCUT2D eigenvalue weighted by molar-refractivity contribution is 5.73. The number of aliphatic hydroxyl groups is 5. The van der Waals surface area contributed by atoms with Crippen LogP contribution in [0.4, 0.5) is 0 Å². The first-order chi connectivity index (χ1) is 12.3. The minimum Gasteiger partial charge on any atom is -0.394 e. The van der Waals surface area contributed by atoms with Crippen LogP contribution in [0, 0.1) is 0 Å². The number of ether oxygens (including phenoxy) is 4. The molecule has 0 aromatic heterocycles. The molecule has 26 heavy (non-hydrogen) atoms. The molecule has 152 valence electrons. The highest BCUT2D eigenvalue weighted by Gasteiger charge is 2.48. The minimum absolute atomic E-state index is 0.114. The summed E-state index contributed by atoms with van der Waals surface area (Å²) < 4.78 is 21.7. The van der Waals surface area contributed by atoms with Crippen LogP contribution in [0.15, 0.2) is 0 Å². The van der Waals surface area contributed by atoms with Crippen LogP contribution in [-0.4, -0.2) is 107 Å². The van der Waals surface area contributed by atoms with Crippen LogP contribution in [0.25, 0.3) is 0 Å². The second-order valence-electron chi connectivity index (χ2n) is 6.36. The van der Waals surface area contributed by atoms with Gasteiger partial charge in [-0.25, -0.2) is 0 Å². The lowest BCUT2D eigenvalue weighted by molar-refractivity contribution is -0.324. The topological polar surface area (TPSA) is 167 Å². The van der Waals surface area contributed by atoms with Crippen LogP contribution in [0.5, 0.6) is 0 Å². The van der Waals surface area contributed by atoms with Gasteiger partial charge in [0.05, 0.1) is 19.3 Å². The van der Waals surface area contributed by atoms with Crippen molar-refractivity contribution < 1.29 is 49.3 Å². The molecular weight excluding hydrogens is 354 g/mol. The average Bonchev–Trinajstić information content (AvgIpc) is 2.61. The quantitative estimate of drug-likeness (QED) is 0.271. The smallest absolute Gasteiger partial charge is 0.217 e. The number of nitrogens with one attached hydrogen (secondary N) is 1. The molecule has 0 aromatic rings. The van der Waals surface area contributed by atoms with E-state index in [2.05, 4.69) is 5.32 Å². The lowest BCUT2D eigenvalue weighted by atomic mass is 9.96. The van der Waals surface area contributed by atoms with Crippen molar-refractivity contribution in [2.75, 3.05) is 20.3 Å². The standard InChI is InChI=1S/C15H27NO10/c1-6(19)16-11-13(22)14(9(5-18)25-15(11)23-2)26-10-3-7(20)12(21)8(4-17)24-10/h7-15,17-18,20-22H,3-5H2,1-2H3,(H,16,19)/t7-,8?,9?,10+,11?,12?,13?,14?,15?/m1/s1. The van der Waals surface area contributed by atoms with E-state index in [9.17, 15) is 30.3 Å². The van der Waals surface area contributed by atoms with Crippen molar-refractivity contribution in [3.63, 3.8) is 0 Å². The maximum Gasteiger partial charge on any atom is 0.217 e. The molecule has 11 nitrogen and oxygen atoms in total. The first-order valence-corrected chi connectivity index (χ1v) is 8.34. The average molecular weight is 381 g/mol. The summed E-state index contributed by atoms with van der Waals surface area (Å²) in [6.45, 7) is 0.225. The first kappa shape index (κ1) is 21.4. The molecule has 0 aliphatic carbocycles. The summed E-state index contributed by atoms with van der Waals surface area (Å²) >= 11 is 0. The fourth-order valence-electron chi connectivity index (χ4n) is 3.15. The Balaban J connectivity index is 2.13. The SMILES string of the molecule is COC1OC(CO)C(O[C@H]2C[C@@H](O)C(O)C(CO)O2)C(O)C1NC(C)=O. The van der Waals surface area contributed by atoms with Crippen molar-refractivity contribution in [3.05, 3.63) is 0 Å². The Hall–Kier alpha value is -0.890. The van der Waals surface area contributed by atoms with Crippen LogP contribution in [0.3, 0.4) is 0 Å². The molecule has 1 amide bonds. The maximum absolute atomic E-state index is 11.4. The molecule has 9 atom stereocenters. The van der Waals surface area contributed by atoms with Gasteiger partial charge in [-0.3, -0.25) is 4.79 Å². The molecule has 0 radical (unpaired) electrons. The Bertz CT molecular complexity index is 466. The van der Waals surface area contributed by atoms with E-state index in [4.69, 9.17) is 18.9 Å². The molecule has 0 bridgehead atoms. The minimum atomic E-state index is -1.31. The number of rotatable bonds is 6. The van der Waals surface area contributed by atoms with E-state index < -0.39 is 74.4 Å². The molecule has 7 unspecified atom stereocenters. The van der Waals surface area contributed by atoms with E-state index in [0.29, 0.717) is 0 Å². The maximum atomic E-state index is 11.4. The monoisotopic (exact) mass is 381 g/mol. The molecule has 6 N–H and O–H groups in total. The van der Waals surface area contributed by atoms with Crippen molar-refractivity contribution >= 4 is 5.91 Å². The van der Waals surface area contributed by atoms with Gasteiger partial charge in [-0.15, -0.1) is 0 Å². The number of methoxy groups -OCH3 is 1. The molecule has 2 aliphatic rings. The van der Waals surface area contributed by atoms with E-state index in [0.717, 1.165) is 0 Å². The lowest BCUT2D eigenvalue weighted by Gasteiger charge is -2.45. The molecule has 11 heteroatoms. The van der Waals surface area contributed by atoms with Gasteiger partial charge in [0, 0.05) is 20.5 Å². The zero-order valence-corrected chi connectivity index (χ0v) is 14.6. The van der Waals surface area contributed by atoms with Crippen molar-refractivity contribution in [2.24, 2.45) is 0 Å². The summed E-state index contributed by atoms with van der Waals surface area (Å²) in [6, 6.07) is -0.960. The fraction of sp³-hybridized carbons (Fsp3) is 0.933. The summed E-state index contributed by atoms with van der Waals surface area (Å²) in [7, 11) is 1.33. The van der Waals surface area contributed by atoms with Crippen molar-refractivity contribution in [2.45, 2.75) is 68.6 Å². The molecule has 2 saturated heterocycles. The van der Waals surface area contributed by atoms with Crippen LogP contribution >= 0.6 is 0 Å². The van der Waals surface area contributed by atoms with Gasteiger partial charge in [-0.2, -0.15) is 0 Å². The summed E-state index contributed by atoms with van der Waals surface area (Å²) in [4.78, 5) is 11.4. The fourth-order valence-corrected chi connectivity index (χ4v) is 3.15. The molecule has 2 rings (SSSR count).